The number of rotatable bonds is 3. The second-order valence-electron chi connectivity index (χ2n) is 4.36. The normalized spacial score (nSPS) is 10.6. The number of aromatic nitrogens is 1. The van der Waals surface area contributed by atoms with Crippen molar-refractivity contribution in [3.05, 3.63) is 53.5 Å². The molecule has 0 aliphatic heterocycles. The van der Waals surface area contributed by atoms with Gasteiger partial charge in [-0.15, -0.1) is 11.3 Å². The molecule has 1 aromatic heterocycles. The average Bonchev–Trinajstić information content (AvgIpc) is 2.94. The molecule has 0 unspecified atom stereocenters. The van der Waals surface area contributed by atoms with Crippen molar-refractivity contribution in [1.82, 2.24) is 10.3 Å². The predicted octanol–water partition coefficient (Wildman–Crippen LogP) is 3.73. The van der Waals surface area contributed by atoms with E-state index < -0.39 is 6.09 Å². The van der Waals surface area contributed by atoms with E-state index in [1.54, 1.807) is 11.3 Å². The molecule has 0 bridgehead atoms. The molecule has 100 valence electrons. The highest BCUT2D eigenvalue weighted by Gasteiger charge is 2.06. The number of carboxylic acid groups (broad SMARTS) is 1. The number of thiazole rings is 1. The minimum Gasteiger partial charge on any atom is -0.465 e. The summed E-state index contributed by atoms with van der Waals surface area (Å²) < 4.78 is 1.17. The van der Waals surface area contributed by atoms with Gasteiger partial charge in [0.2, 0.25) is 0 Å². The minimum atomic E-state index is -1.01. The van der Waals surface area contributed by atoms with Crippen LogP contribution < -0.4 is 5.32 Å². The molecule has 0 saturated heterocycles. The van der Waals surface area contributed by atoms with Gasteiger partial charge in [-0.05, 0) is 17.2 Å². The van der Waals surface area contributed by atoms with Gasteiger partial charge in [0, 0.05) is 12.1 Å². The summed E-state index contributed by atoms with van der Waals surface area (Å²) in [5, 5.41) is 10.9. The summed E-state index contributed by atoms with van der Waals surface area (Å²) in [5.74, 6) is 0. The summed E-state index contributed by atoms with van der Waals surface area (Å²) in [6.45, 7) is 0.320. The summed E-state index contributed by atoms with van der Waals surface area (Å²) in [4.78, 5) is 14.8. The fraction of sp³-hybridized carbons (Fsp3) is 0.0667. The zero-order valence-corrected chi connectivity index (χ0v) is 11.4. The van der Waals surface area contributed by atoms with Crippen LogP contribution in [0.4, 0.5) is 4.79 Å². The quantitative estimate of drug-likeness (QED) is 0.770. The molecule has 0 aliphatic rings. The number of hydrogen-bond acceptors (Lipinski definition) is 3. The Morgan fingerprint density at radius 3 is 2.75 bits per heavy atom. The van der Waals surface area contributed by atoms with Crippen molar-refractivity contribution in [3.8, 4) is 11.1 Å². The zero-order chi connectivity index (χ0) is 13.9. The lowest BCUT2D eigenvalue weighted by atomic mass is 10.0. The molecule has 0 atom stereocenters. The van der Waals surface area contributed by atoms with E-state index in [9.17, 15) is 4.79 Å². The second-order valence-corrected chi connectivity index (χ2v) is 5.22. The van der Waals surface area contributed by atoms with Gasteiger partial charge in [-0.3, -0.25) is 0 Å². The Kier molecular flexibility index (Phi) is 3.35. The largest absolute Gasteiger partial charge is 0.465 e. The number of fused-ring (bicyclic) bond motifs is 1. The summed E-state index contributed by atoms with van der Waals surface area (Å²) in [5.41, 5.74) is 6.05. The van der Waals surface area contributed by atoms with Gasteiger partial charge in [0.05, 0.1) is 15.7 Å². The number of nitrogens with one attached hydrogen (secondary N) is 1. The van der Waals surface area contributed by atoms with E-state index in [2.05, 4.69) is 16.4 Å². The van der Waals surface area contributed by atoms with E-state index in [1.807, 2.05) is 41.9 Å². The molecule has 0 radical (unpaired) electrons. The van der Waals surface area contributed by atoms with Crippen LogP contribution in [0.3, 0.4) is 0 Å². The van der Waals surface area contributed by atoms with E-state index in [1.165, 1.54) is 4.70 Å². The molecule has 2 N–H and O–H groups in total. The Labute approximate surface area is 119 Å². The van der Waals surface area contributed by atoms with Crippen LogP contribution in [0.15, 0.2) is 48.0 Å². The Balaban J connectivity index is 1.91. The van der Waals surface area contributed by atoms with Gasteiger partial charge in [-0.1, -0.05) is 36.4 Å². The smallest absolute Gasteiger partial charge is 0.404 e. The number of hydrogen-bond donors (Lipinski definition) is 2. The van der Waals surface area contributed by atoms with E-state index in [0.29, 0.717) is 6.54 Å². The molecular formula is C15H12N2O2S. The Hall–Kier alpha value is -2.40. The molecule has 2 aromatic carbocycles. The van der Waals surface area contributed by atoms with Gasteiger partial charge >= 0.3 is 6.09 Å². The third kappa shape index (κ3) is 2.48. The van der Waals surface area contributed by atoms with E-state index >= 15 is 0 Å². The van der Waals surface area contributed by atoms with Crippen molar-refractivity contribution in [2.24, 2.45) is 0 Å². The van der Waals surface area contributed by atoms with E-state index in [-0.39, 0.29) is 0 Å². The third-order valence-corrected chi connectivity index (χ3v) is 3.94. The SMILES string of the molecule is O=C(O)NCc1ccc(-c2cccc3ncsc23)cc1. The summed E-state index contributed by atoms with van der Waals surface area (Å²) >= 11 is 1.63. The van der Waals surface area contributed by atoms with Crippen molar-refractivity contribution in [3.63, 3.8) is 0 Å². The molecule has 3 aromatic rings. The maximum Gasteiger partial charge on any atom is 0.404 e. The summed E-state index contributed by atoms with van der Waals surface area (Å²) in [6.07, 6.45) is -1.01. The van der Waals surface area contributed by atoms with Crippen LogP contribution in [0.2, 0.25) is 0 Å². The first-order chi connectivity index (χ1) is 9.74. The topological polar surface area (TPSA) is 62.2 Å². The van der Waals surface area contributed by atoms with Crippen molar-refractivity contribution < 1.29 is 9.90 Å². The molecule has 1 heterocycles. The number of carbonyl (C=O) groups is 1. The Morgan fingerprint density at radius 1 is 1.20 bits per heavy atom. The monoisotopic (exact) mass is 284 g/mol. The van der Waals surface area contributed by atoms with Crippen molar-refractivity contribution in [1.29, 1.82) is 0 Å². The highest BCUT2D eigenvalue weighted by atomic mass is 32.1. The van der Waals surface area contributed by atoms with Gasteiger partial charge in [-0.25, -0.2) is 9.78 Å². The zero-order valence-electron chi connectivity index (χ0n) is 10.5. The maximum absolute atomic E-state index is 10.5. The molecule has 1 amide bonds. The van der Waals surface area contributed by atoms with Crippen LogP contribution in [0, 0.1) is 0 Å². The van der Waals surface area contributed by atoms with Crippen molar-refractivity contribution >= 4 is 27.6 Å². The molecule has 0 saturated carbocycles. The molecule has 20 heavy (non-hydrogen) atoms. The van der Waals surface area contributed by atoms with Crippen LogP contribution in [0.1, 0.15) is 5.56 Å². The Bertz CT molecular complexity index is 750. The lowest BCUT2D eigenvalue weighted by Gasteiger charge is -2.05. The van der Waals surface area contributed by atoms with Crippen molar-refractivity contribution in [2.45, 2.75) is 6.54 Å². The summed E-state index contributed by atoms with van der Waals surface area (Å²) in [7, 11) is 0. The predicted molar refractivity (Wildman–Crippen MR) is 79.9 cm³/mol. The molecule has 4 nitrogen and oxygen atoms in total. The van der Waals surface area contributed by atoms with Crippen LogP contribution in [-0.4, -0.2) is 16.2 Å². The van der Waals surface area contributed by atoms with Crippen LogP contribution in [0.25, 0.3) is 21.3 Å². The maximum atomic E-state index is 10.5. The average molecular weight is 284 g/mol. The fourth-order valence-corrected chi connectivity index (χ4v) is 2.92. The van der Waals surface area contributed by atoms with Gasteiger partial charge in [0.1, 0.15) is 0 Å². The van der Waals surface area contributed by atoms with E-state index in [0.717, 1.165) is 22.2 Å². The minimum absolute atomic E-state index is 0.320. The first-order valence-corrected chi connectivity index (χ1v) is 7.00. The standard InChI is InChI=1S/C15H12N2O2S/c18-15(19)16-8-10-4-6-11(7-5-10)12-2-1-3-13-14(12)20-9-17-13/h1-7,9,16H,8H2,(H,18,19). The highest BCUT2D eigenvalue weighted by Crippen LogP contribution is 2.31. The van der Waals surface area contributed by atoms with Crippen molar-refractivity contribution in [2.75, 3.05) is 0 Å². The molecule has 5 heteroatoms. The third-order valence-electron chi connectivity index (χ3n) is 3.07. The fourth-order valence-electron chi connectivity index (χ4n) is 2.09. The molecule has 0 fully saturated rings. The second kappa shape index (κ2) is 5.30. The van der Waals surface area contributed by atoms with Crippen LogP contribution in [-0.2, 0) is 6.54 Å². The lowest BCUT2D eigenvalue weighted by Crippen LogP contribution is -2.19. The number of amides is 1. The van der Waals surface area contributed by atoms with Crippen LogP contribution >= 0.6 is 11.3 Å². The van der Waals surface area contributed by atoms with Crippen LogP contribution in [0.5, 0.6) is 0 Å². The summed E-state index contributed by atoms with van der Waals surface area (Å²) in [6, 6.07) is 14.0. The Morgan fingerprint density at radius 2 is 2.00 bits per heavy atom. The molecular weight excluding hydrogens is 272 g/mol. The first kappa shape index (κ1) is 12.6. The first-order valence-electron chi connectivity index (χ1n) is 6.12. The van der Waals surface area contributed by atoms with Gasteiger partial charge in [0.25, 0.3) is 0 Å². The molecule has 0 spiro atoms. The van der Waals surface area contributed by atoms with Gasteiger partial charge in [0.15, 0.2) is 0 Å². The van der Waals surface area contributed by atoms with Gasteiger partial charge < -0.3 is 10.4 Å². The number of nitrogens with zero attached hydrogens (tertiary/aromatic N) is 1. The number of benzene rings is 2. The molecule has 3 rings (SSSR count). The lowest BCUT2D eigenvalue weighted by molar-refractivity contribution is 0.194. The highest BCUT2D eigenvalue weighted by molar-refractivity contribution is 7.17. The molecule has 0 aliphatic carbocycles. The van der Waals surface area contributed by atoms with E-state index in [4.69, 9.17) is 5.11 Å². The van der Waals surface area contributed by atoms with Gasteiger partial charge in [-0.2, -0.15) is 0 Å².